The molecule has 0 radical (unpaired) electrons. The highest BCUT2D eigenvalue weighted by molar-refractivity contribution is 6.30. The lowest BCUT2D eigenvalue weighted by molar-refractivity contribution is -0.927. The first-order chi connectivity index (χ1) is 18.3. The fourth-order valence-electron chi connectivity index (χ4n) is 4.88. The third-order valence-electron chi connectivity index (χ3n) is 7.00. The van der Waals surface area contributed by atoms with Crippen LogP contribution in [0.4, 0.5) is 4.39 Å². The van der Waals surface area contributed by atoms with E-state index in [1.165, 1.54) is 24.0 Å². The number of rotatable bonds is 12. The average molecular weight is 621 g/mol. The number of imidazole rings is 1. The van der Waals surface area contributed by atoms with Gasteiger partial charge in [-0.15, -0.1) is 0 Å². The van der Waals surface area contributed by atoms with Crippen LogP contribution < -0.4 is 48.5 Å². The van der Waals surface area contributed by atoms with Gasteiger partial charge in [0.05, 0.1) is 37.9 Å². The lowest BCUT2D eigenvalue weighted by Gasteiger charge is -2.39. The number of ether oxygens (including phenoxy) is 3. The number of aryl methyl sites for hydroxylation is 2. The number of nitrogens with zero attached hydrogens (tertiary/aromatic N) is 1. The summed E-state index contributed by atoms with van der Waals surface area (Å²) in [5.74, 6) is 2.19. The molecule has 0 spiro atoms. The van der Waals surface area contributed by atoms with Crippen molar-refractivity contribution in [2.75, 3.05) is 33.4 Å². The van der Waals surface area contributed by atoms with Gasteiger partial charge in [-0.3, -0.25) is 0 Å². The van der Waals surface area contributed by atoms with Crippen LogP contribution in [0.25, 0.3) is 0 Å². The number of piperidine rings is 1. The van der Waals surface area contributed by atoms with Crippen LogP contribution >= 0.6 is 11.6 Å². The molecule has 0 amide bonds. The van der Waals surface area contributed by atoms with Crippen molar-refractivity contribution < 1.29 is 63.1 Å². The van der Waals surface area contributed by atoms with Crippen molar-refractivity contribution in [3.63, 3.8) is 0 Å². The summed E-state index contributed by atoms with van der Waals surface area (Å²) in [6, 6.07) is 9.97. The van der Waals surface area contributed by atoms with Crippen molar-refractivity contribution in [1.82, 2.24) is 4.98 Å². The maximum Gasteiger partial charge on any atom is 0.253 e. The fraction of sp³-hybridized carbons (Fsp3) is 0.464. The molecule has 4 N–H and O–H groups in total. The van der Waals surface area contributed by atoms with E-state index in [4.69, 9.17) is 25.8 Å². The molecule has 40 heavy (non-hydrogen) atoms. The van der Waals surface area contributed by atoms with E-state index < -0.39 is 17.5 Å². The molecule has 1 aromatic heterocycles. The Bertz CT molecular complexity index is 1220. The van der Waals surface area contributed by atoms with E-state index in [9.17, 15) is 14.6 Å². The van der Waals surface area contributed by atoms with Gasteiger partial charge < -0.3 is 54.1 Å². The van der Waals surface area contributed by atoms with Gasteiger partial charge in [0.1, 0.15) is 43.7 Å². The van der Waals surface area contributed by atoms with Gasteiger partial charge in [-0.25, -0.2) is 13.9 Å². The topological polar surface area (TPSA) is 92.3 Å². The number of aromatic amines is 1. The highest BCUT2D eigenvalue weighted by atomic mass is 35.5. The Morgan fingerprint density at radius 3 is 2.70 bits per heavy atom. The van der Waals surface area contributed by atoms with Crippen LogP contribution in [0, 0.1) is 5.82 Å². The summed E-state index contributed by atoms with van der Waals surface area (Å²) in [5, 5.41) is 21.7. The van der Waals surface area contributed by atoms with Gasteiger partial charge in [0.25, 0.3) is 5.82 Å². The predicted octanol–water partition coefficient (Wildman–Crippen LogP) is -3.90. The molecule has 1 saturated heterocycles. The molecule has 2 aromatic carbocycles. The number of methoxy groups -OCH3 is 1. The first-order valence-corrected chi connectivity index (χ1v) is 13.4. The molecule has 3 atom stereocenters. The van der Waals surface area contributed by atoms with Gasteiger partial charge in [-0.2, -0.15) is 0 Å². The van der Waals surface area contributed by atoms with Gasteiger partial charge in [0.2, 0.25) is 0 Å². The standard InChI is InChI=1S/C28H35ClFN3O5.2ClH/c1-3-27-31-10-13-33(27)11-4-14-37-24-8-5-20(15-25(24)36-2)17-32-12-9-26(34)28(35,18-32)19-38-21-6-7-22(29)23(30)16-21;;/h5-8,10,13,15-16,26,34-35H,3-4,9,11-12,14,17-19H2,1-2H3;2*1H. The molecule has 3 aromatic rings. The first kappa shape index (κ1) is 33.9. The molecule has 8 nitrogen and oxygen atoms in total. The Morgan fingerprint density at radius 1 is 1.18 bits per heavy atom. The number of hydrogen-bond acceptors (Lipinski definition) is 5. The van der Waals surface area contributed by atoms with Gasteiger partial charge >= 0.3 is 0 Å². The third kappa shape index (κ3) is 8.61. The zero-order valence-electron chi connectivity index (χ0n) is 22.6. The largest absolute Gasteiger partial charge is 1.00 e. The number of halogens is 4. The highest BCUT2D eigenvalue weighted by Crippen LogP contribution is 2.28. The second-order valence-electron chi connectivity index (χ2n) is 9.77. The van der Waals surface area contributed by atoms with E-state index in [0.29, 0.717) is 37.6 Å². The number of aliphatic hydroxyl groups is 2. The van der Waals surface area contributed by atoms with Gasteiger partial charge in [0.15, 0.2) is 17.1 Å². The Hall–Kier alpha value is -2.27. The van der Waals surface area contributed by atoms with E-state index in [1.54, 1.807) is 7.11 Å². The van der Waals surface area contributed by atoms with Gasteiger partial charge in [-0.05, 0) is 30.3 Å². The van der Waals surface area contributed by atoms with Crippen LogP contribution in [0.5, 0.6) is 17.2 Å². The molecule has 1 aliphatic rings. The van der Waals surface area contributed by atoms with Crippen LogP contribution in [0.2, 0.25) is 5.02 Å². The smallest absolute Gasteiger partial charge is 0.253 e. The third-order valence-corrected chi connectivity index (χ3v) is 7.30. The number of aromatic nitrogens is 2. The molecule has 1 aliphatic heterocycles. The van der Waals surface area contributed by atoms with E-state index in [2.05, 4.69) is 16.5 Å². The van der Waals surface area contributed by atoms with Crippen molar-refractivity contribution in [2.24, 2.45) is 0 Å². The number of hydrogen-bond donors (Lipinski definition) is 4. The lowest BCUT2D eigenvalue weighted by atomic mass is 9.90. The predicted molar refractivity (Wildman–Crippen MR) is 140 cm³/mol. The lowest BCUT2D eigenvalue weighted by Crippen LogP contribution is -3.15. The van der Waals surface area contributed by atoms with Crippen LogP contribution in [0.3, 0.4) is 0 Å². The first-order valence-electron chi connectivity index (χ1n) is 13.0. The van der Waals surface area contributed by atoms with Crippen LogP contribution in [0.1, 0.15) is 31.2 Å². The van der Waals surface area contributed by atoms with Crippen LogP contribution in [-0.4, -0.2) is 60.3 Å². The molecular weight excluding hydrogens is 584 g/mol. The molecule has 12 heteroatoms. The van der Waals surface area contributed by atoms with E-state index in [1.807, 2.05) is 30.6 Å². The van der Waals surface area contributed by atoms with E-state index in [0.717, 1.165) is 29.8 Å². The Labute approximate surface area is 251 Å². The molecule has 1 fully saturated rings. The summed E-state index contributed by atoms with van der Waals surface area (Å²) >= 11 is 5.73. The Morgan fingerprint density at radius 2 is 1.98 bits per heavy atom. The summed E-state index contributed by atoms with van der Waals surface area (Å²) in [6.45, 7) is 5.00. The van der Waals surface area contributed by atoms with Crippen molar-refractivity contribution in [2.45, 2.75) is 51.0 Å². The molecule has 3 unspecified atom stereocenters. The molecule has 4 rings (SSSR count). The molecule has 0 bridgehead atoms. The maximum atomic E-state index is 13.7. The summed E-state index contributed by atoms with van der Waals surface area (Å²) in [5.41, 5.74) is -0.439. The zero-order valence-corrected chi connectivity index (χ0v) is 24.9. The molecule has 222 valence electrons. The average Bonchev–Trinajstić information content (AvgIpc) is 3.37. The van der Waals surface area contributed by atoms with Gasteiger partial charge in [0, 0.05) is 30.9 Å². The SMILES string of the molecule is CCc1[nH]cc[n+]1CCCOc1ccc(C[NH+]2CCC(O)C(O)(COc3ccc(Cl)c(F)c3)C2)cc1OC.[Cl-].[Cl-]. The summed E-state index contributed by atoms with van der Waals surface area (Å²) in [7, 11) is 1.62. The Balaban J connectivity index is 0.00000280. The van der Waals surface area contributed by atoms with E-state index in [-0.39, 0.29) is 48.7 Å². The van der Waals surface area contributed by atoms with Crippen LogP contribution in [0.15, 0.2) is 48.8 Å². The number of nitrogens with one attached hydrogen (secondary N) is 2. The Kier molecular flexibility index (Phi) is 13.3. The summed E-state index contributed by atoms with van der Waals surface area (Å²) in [6.07, 6.45) is 5.29. The number of likely N-dealkylation sites (tertiary alicyclic amines) is 1. The molecule has 0 saturated carbocycles. The molecular formula is C28H37Cl3FN3O5. The minimum absolute atomic E-state index is 0. The highest BCUT2D eigenvalue weighted by Gasteiger charge is 2.45. The molecule has 0 aliphatic carbocycles. The van der Waals surface area contributed by atoms with Gasteiger partial charge in [-0.1, -0.05) is 18.5 Å². The maximum absolute atomic E-state index is 13.7. The summed E-state index contributed by atoms with van der Waals surface area (Å²) < 4.78 is 33.1. The fourth-order valence-corrected chi connectivity index (χ4v) is 5.00. The minimum atomic E-state index is -1.47. The number of quaternary nitrogens is 1. The van der Waals surface area contributed by atoms with Crippen molar-refractivity contribution in [3.05, 3.63) is 71.0 Å². The normalized spacial score (nSPS) is 20.2. The monoisotopic (exact) mass is 619 g/mol. The van der Waals surface area contributed by atoms with E-state index >= 15 is 0 Å². The number of aliphatic hydroxyl groups excluding tert-OH is 1. The summed E-state index contributed by atoms with van der Waals surface area (Å²) in [4.78, 5) is 4.34. The zero-order chi connectivity index (χ0) is 27.1. The quantitative estimate of drug-likeness (QED) is 0.123. The number of H-pyrrole nitrogens is 1. The second kappa shape index (κ2) is 15.7. The van der Waals surface area contributed by atoms with Crippen molar-refractivity contribution in [3.8, 4) is 17.2 Å². The van der Waals surface area contributed by atoms with Crippen molar-refractivity contribution in [1.29, 1.82) is 0 Å². The number of benzene rings is 2. The van der Waals surface area contributed by atoms with Crippen molar-refractivity contribution >= 4 is 11.6 Å². The molecule has 2 heterocycles. The second-order valence-corrected chi connectivity index (χ2v) is 10.2. The minimum Gasteiger partial charge on any atom is -1.00 e. The van der Waals surface area contributed by atoms with Crippen LogP contribution in [-0.2, 0) is 19.5 Å².